The van der Waals surface area contributed by atoms with E-state index in [-0.39, 0.29) is 17.9 Å². The Morgan fingerprint density at radius 2 is 1.76 bits per heavy atom. The molecule has 2 unspecified atom stereocenters. The van der Waals surface area contributed by atoms with Crippen LogP contribution >= 0.6 is 0 Å². The van der Waals surface area contributed by atoms with E-state index in [2.05, 4.69) is 5.32 Å². The molecule has 2 rings (SSSR count). The summed E-state index contributed by atoms with van der Waals surface area (Å²) in [4.78, 5) is 22.2. The molecule has 96 valence electrons. The molecular formula is C12H19NO4. The van der Waals surface area contributed by atoms with E-state index >= 15 is 0 Å². The predicted molar refractivity (Wildman–Crippen MR) is 60.2 cm³/mol. The molecule has 5 nitrogen and oxygen atoms in total. The fourth-order valence-corrected chi connectivity index (χ4v) is 2.48. The molecule has 2 fully saturated rings. The third-order valence-electron chi connectivity index (χ3n) is 3.83. The van der Waals surface area contributed by atoms with Crippen LogP contribution < -0.4 is 5.32 Å². The van der Waals surface area contributed by atoms with Crippen LogP contribution in [0.1, 0.15) is 32.1 Å². The van der Waals surface area contributed by atoms with Gasteiger partial charge in [-0.15, -0.1) is 0 Å². The lowest BCUT2D eigenvalue weighted by molar-refractivity contribution is -0.140. The fourth-order valence-electron chi connectivity index (χ4n) is 2.48. The number of hydrogen-bond donors (Lipinski definition) is 3. The highest BCUT2D eigenvalue weighted by atomic mass is 16.4. The minimum atomic E-state index is -0.870. The Morgan fingerprint density at radius 1 is 1.12 bits per heavy atom. The quantitative estimate of drug-likeness (QED) is 0.664. The van der Waals surface area contributed by atoms with Gasteiger partial charge in [0.2, 0.25) is 5.91 Å². The zero-order valence-corrected chi connectivity index (χ0v) is 9.76. The highest BCUT2D eigenvalue weighted by Crippen LogP contribution is 2.38. The second-order valence-corrected chi connectivity index (χ2v) is 5.21. The van der Waals surface area contributed by atoms with Crippen molar-refractivity contribution in [2.24, 2.45) is 17.8 Å². The van der Waals surface area contributed by atoms with Gasteiger partial charge in [-0.1, -0.05) is 0 Å². The average Bonchev–Trinajstić information content (AvgIpc) is 3.08. The maximum atomic E-state index is 11.6. The van der Waals surface area contributed by atoms with Crippen LogP contribution in [0.25, 0.3) is 0 Å². The van der Waals surface area contributed by atoms with Crippen molar-refractivity contribution in [3.8, 4) is 0 Å². The van der Waals surface area contributed by atoms with Crippen LogP contribution in [0.5, 0.6) is 0 Å². The summed E-state index contributed by atoms with van der Waals surface area (Å²) in [6.45, 7) is 0.619. The Balaban J connectivity index is 1.66. The molecule has 5 heteroatoms. The van der Waals surface area contributed by atoms with Crippen molar-refractivity contribution in [3.63, 3.8) is 0 Å². The van der Waals surface area contributed by atoms with Crippen LogP contribution in [0.4, 0.5) is 0 Å². The summed E-state index contributed by atoms with van der Waals surface area (Å²) >= 11 is 0. The first-order valence-corrected chi connectivity index (χ1v) is 6.26. The van der Waals surface area contributed by atoms with Crippen molar-refractivity contribution in [2.75, 3.05) is 6.54 Å². The Bertz CT molecular complexity index is 310. The van der Waals surface area contributed by atoms with Crippen molar-refractivity contribution in [3.05, 3.63) is 0 Å². The number of amides is 1. The lowest BCUT2D eigenvalue weighted by Crippen LogP contribution is -2.33. The molecule has 0 aromatic rings. The Kier molecular flexibility index (Phi) is 3.66. The molecule has 2 saturated carbocycles. The van der Waals surface area contributed by atoms with Crippen molar-refractivity contribution < 1.29 is 19.8 Å². The van der Waals surface area contributed by atoms with Crippen LogP contribution in [-0.2, 0) is 9.59 Å². The molecule has 2 atom stereocenters. The van der Waals surface area contributed by atoms with Crippen LogP contribution in [0.2, 0.25) is 0 Å². The van der Waals surface area contributed by atoms with Crippen LogP contribution in [0.15, 0.2) is 0 Å². The van der Waals surface area contributed by atoms with E-state index in [1.54, 1.807) is 0 Å². The Labute approximate surface area is 100 Å². The summed E-state index contributed by atoms with van der Waals surface area (Å²) in [7, 11) is 0. The minimum Gasteiger partial charge on any atom is -0.481 e. The van der Waals surface area contributed by atoms with Crippen LogP contribution in [-0.4, -0.2) is 34.7 Å². The second-order valence-electron chi connectivity index (χ2n) is 5.21. The smallest absolute Gasteiger partial charge is 0.307 e. The monoisotopic (exact) mass is 241 g/mol. The summed E-state index contributed by atoms with van der Waals surface area (Å²) in [5.41, 5.74) is 0. The third kappa shape index (κ3) is 3.19. The van der Waals surface area contributed by atoms with Gasteiger partial charge >= 0.3 is 5.97 Å². The Hall–Kier alpha value is -1.10. The van der Waals surface area contributed by atoms with Gasteiger partial charge in [0, 0.05) is 6.54 Å². The number of rotatable bonds is 4. The number of hydrogen-bond acceptors (Lipinski definition) is 3. The molecule has 0 aromatic heterocycles. The summed E-state index contributed by atoms with van der Waals surface area (Å²) < 4.78 is 0. The average molecular weight is 241 g/mol. The van der Waals surface area contributed by atoms with Crippen LogP contribution in [0, 0.1) is 17.8 Å². The maximum absolute atomic E-state index is 11.6. The van der Waals surface area contributed by atoms with Gasteiger partial charge in [-0.2, -0.15) is 0 Å². The Morgan fingerprint density at radius 3 is 2.29 bits per heavy atom. The summed E-state index contributed by atoms with van der Waals surface area (Å²) in [6.07, 6.45) is 3.79. The van der Waals surface area contributed by atoms with Gasteiger partial charge in [0.25, 0.3) is 0 Å². The van der Waals surface area contributed by atoms with Crippen molar-refractivity contribution in [2.45, 2.75) is 38.2 Å². The molecule has 0 spiro atoms. The van der Waals surface area contributed by atoms with Crippen molar-refractivity contribution in [1.82, 2.24) is 5.32 Å². The molecule has 1 amide bonds. The summed E-state index contributed by atoms with van der Waals surface area (Å²) in [5.74, 6) is -1.34. The topological polar surface area (TPSA) is 86.6 Å². The largest absolute Gasteiger partial charge is 0.481 e. The molecule has 0 radical (unpaired) electrons. The van der Waals surface area contributed by atoms with Gasteiger partial charge in [0.15, 0.2) is 0 Å². The van der Waals surface area contributed by atoms with E-state index in [1.165, 1.54) is 0 Å². The van der Waals surface area contributed by atoms with Crippen molar-refractivity contribution >= 4 is 11.9 Å². The van der Waals surface area contributed by atoms with E-state index in [9.17, 15) is 14.7 Å². The minimum absolute atomic E-state index is 0.122. The number of aliphatic hydroxyl groups excluding tert-OH is 1. The van der Waals surface area contributed by atoms with Gasteiger partial charge < -0.3 is 15.5 Å². The molecular weight excluding hydrogens is 222 g/mol. The van der Waals surface area contributed by atoms with Gasteiger partial charge in [0.1, 0.15) is 0 Å². The molecule has 3 N–H and O–H groups in total. The number of carboxylic acids is 1. The molecule has 0 aromatic carbocycles. The summed E-state index contributed by atoms with van der Waals surface area (Å²) in [6, 6.07) is 0. The van der Waals surface area contributed by atoms with Gasteiger partial charge in [-0.25, -0.2) is 0 Å². The van der Waals surface area contributed by atoms with E-state index in [0.29, 0.717) is 18.9 Å². The summed E-state index contributed by atoms with van der Waals surface area (Å²) in [5, 5.41) is 20.9. The molecule has 0 bridgehead atoms. The maximum Gasteiger partial charge on any atom is 0.307 e. The first kappa shape index (κ1) is 12.4. The van der Waals surface area contributed by atoms with E-state index in [4.69, 9.17) is 5.11 Å². The SMILES string of the molecule is O=C(O)C1CC1C(=O)NCC1CCC(O)CC1. The fraction of sp³-hybridized carbons (Fsp3) is 0.833. The molecule has 0 heterocycles. The highest BCUT2D eigenvalue weighted by molar-refractivity contribution is 5.89. The molecule has 17 heavy (non-hydrogen) atoms. The van der Waals surface area contributed by atoms with Crippen LogP contribution in [0.3, 0.4) is 0 Å². The number of carboxylic acid groups (broad SMARTS) is 1. The first-order valence-electron chi connectivity index (χ1n) is 6.26. The molecule has 0 aliphatic heterocycles. The highest BCUT2D eigenvalue weighted by Gasteiger charge is 2.48. The molecule has 0 saturated heterocycles. The normalized spacial score (nSPS) is 36.3. The standard InChI is InChI=1S/C12H19NO4/c14-8-3-1-7(2-4-8)6-13-11(15)9-5-10(9)12(16)17/h7-10,14H,1-6H2,(H,13,15)(H,16,17). The lowest BCUT2D eigenvalue weighted by atomic mass is 9.87. The first-order chi connectivity index (χ1) is 8.08. The van der Waals surface area contributed by atoms with E-state index in [1.807, 2.05) is 0 Å². The number of aliphatic carboxylic acids is 1. The number of carbonyl (C=O) groups is 2. The van der Waals surface area contributed by atoms with Gasteiger partial charge in [0.05, 0.1) is 17.9 Å². The number of carbonyl (C=O) groups excluding carboxylic acids is 1. The van der Waals surface area contributed by atoms with Gasteiger partial charge in [-0.3, -0.25) is 9.59 Å². The zero-order valence-electron chi connectivity index (χ0n) is 9.76. The number of aliphatic hydroxyl groups is 1. The van der Waals surface area contributed by atoms with E-state index in [0.717, 1.165) is 25.7 Å². The predicted octanol–water partition coefficient (Wildman–Crippen LogP) is 0.374. The lowest BCUT2D eigenvalue weighted by Gasteiger charge is -2.25. The zero-order chi connectivity index (χ0) is 12.4. The second kappa shape index (κ2) is 5.04. The van der Waals surface area contributed by atoms with E-state index < -0.39 is 11.9 Å². The van der Waals surface area contributed by atoms with Gasteiger partial charge in [-0.05, 0) is 38.0 Å². The third-order valence-corrected chi connectivity index (χ3v) is 3.83. The molecule has 2 aliphatic rings. The number of nitrogens with one attached hydrogen (secondary N) is 1. The van der Waals surface area contributed by atoms with Crippen molar-refractivity contribution in [1.29, 1.82) is 0 Å². The molecule has 2 aliphatic carbocycles.